The predicted molar refractivity (Wildman–Crippen MR) is 65.2 cm³/mol. The fourth-order valence-electron chi connectivity index (χ4n) is 2.94. The van der Waals surface area contributed by atoms with Gasteiger partial charge in [0.2, 0.25) is 0 Å². The molecule has 0 amide bonds. The molecule has 2 unspecified atom stereocenters. The Morgan fingerprint density at radius 2 is 1.79 bits per heavy atom. The van der Waals surface area contributed by atoms with Crippen LogP contribution in [0.1, 0.15) is 6.42 Å². The minimum atomic E-state index is -0.865. The number of halogens is 2. The van der Waals surface area contributed by atoms with Gasteiger partial charge in [0.25, 0.3) is 5.69 Å². The molecule has 0 aromatic heterocycles. The number of non-ortho nitro benzene ring substituents is 1. The maximum atomic E-state index is 13.9. The van der Waals surface area contributed by atoms with Crippen molar-refractivity contribution in [2.75, 3.05) is 25.0 Å². The quantitative estimate of drug-likeness (QED) is 0.606. The molecular formula is C12H13F2N3O2. The molecule has 19 heavy (non-hydrogen) atoms. The van der Waals surface area contributed by atoms with E-state index in [1.807, 2.05) is 7.05 Å². The molecule has 3 aliphatic rings. The number of hydrogen-bond acceptors (Lipinski definition) is 4. The number of anilines is 1. The van der Waals surface area contributed by atoms with Gasteiger partial charge in [-0.1, -0.05) is 0 Å². The Balaban J connectivity index is 1.91. The first-order valence-electron chi connectivity index (χ1n) is 6.07. The van der Waals surface area contributed by atoms with Gasteiger partial charge in [0, 0.05) is 25.2 Å². The summed E-state index contributed by atoms with van der Waals surface area (Å²) in [5.41, 5.74) is -0.702. The van der Waals surface area contributed by atoms with Crippen LogP contribution < -0.4 is 4.90 Å². The lowest BCUT2D eigenvalue weighted by molar-refractivity contribution is -0.385. The van der Waals surface area contributed by atoms with Gasteiger partial charge in [-0.2, -0.15) is 0 Å². The Morgan fingerprint density at radius 3 is 2.21 bits per heavy atom. The zero-order chi connectivity index (χ0) is 13.7. The van der Waals surface area contributed by atoms with Gasteiger partial charge in [0.15, 0.2) is 11.6 Å². The molecule has 4 rings (SSSR count). The molecule has 3 saturated heterocycles. The fraction of sp³-hybridized carbons (Fsp3) is 0.500. The molecule has 0 saturated carbocycles. The highest BCUT2D eigenvalue weighted by atomic mass is 19.1. The van der Waals surface area contributed by atoms with Gasteiger partial charge in [-0.15, -0.1) is 0 Å². The molecule has 0 aliphatic carbocycles. The van der Waals surface area contributed by atoms with Crippen molar-refractivity contribution in [2.24, 2.45) is 0 Å². The molecule has 5 nitrogen and oxygen atoms in total. The SMILES string of the molecule is CN1C2CC1CN(c1c(F)cc([N+](=O)[O-])cc1F)C2. The number of nitro groups is 1. The molecule has 3 heterocycles. The van der Waals surface area contributed by atoms with E-state index in [4.69, 9.17) is 0 Å². The molecule has 1 aromatic carbocycles. The summed E-state index contributed by atoms with van der Waals surface area (Å²) in [4.78, 5) is 13.6. The summed E-state index contributed by atoms with van der Waals surface area (Å²) < 4.78 is 27.8. The van der Waals surface area contributed by atoms with Gasteiger partial charge < -0.3 is 4.90 Å². The second-order valence-electron chi connectivity index (χ2n) is 5.13. The Bertz CT molecular complexity index is 517. The number of hydrogen-bond donors (Lipinski definition) is 0. The summed E-state index contributed by atoms with van der Waals surface area (Å²) >= 11 is 0. The van der Waals surface area contributed by atoms with Gasteiger partial charge in [0.05, 0.1) is 17.1 Å². The van der Waals surface area contributed by atoms with Crippen LogP contribution in [0.5, 0.6) is 0 Å². The van der Waals surface area contributed by atoms with Gasteiger partial charge in [-0.25, -0.2) is 8.78 Å². The summed E-state index contributed by atoms with van der Waals surface area (Å²) in [6, 6.07) is 2.19. The standard InChI is InChI=1S/C12H13F2N3O2/c1-15-8-2-9(15)6-16(5-8)12-10(13)3-7(17(18)19)4-11(12)14/h3-4,8-9H,2,5-6H2,1H3. The number of nitro benzene ring substituents is 1. The van der Waals surface area contributed by atoms with E-state index in [9.17, 15) is 18.9 Å². The predicted octanol–water partition coefficient (Wildman–Crippen LogP) is 1.77. The monoisotopic (exact) mass is 269 g/mol. The van der Waals surface area contributed by atoms with Crippen LogP contribution in [0.4, 0.5) is 20.2 Å². The van der Waals surface area contributed by atoms with Crippen molar-refractivity contribution in [3.8, 4) is 0 Å². The summed E-state index contributed by atoms with van der Waals surface area (Å²) in [7, 11) is 2.00. The van der Waals surface area contributed by atoms with Crippen LogP contribution in [0, 0.1) is 21.7 Å². The van der Waals surface area contributed by atoms with E-state index in [2.05, 4.69) is 4.90 Å². The molecular weight excluding hydrogens is 256 g/mol. The summed E-state index contributed by atoms with van der Waals surface area (Å²) in [6.07, 6.45) is 1.04. The Hall–Kier alpha value is -1.76. The van der Waals surface area contributed by atoms with Crippen LogP contribution in [0.3, 0.4) is 0 Å². The minimum absolute atomic E-state index is 0.145. The highest BCUT2D eigenvalue weighted by Crippen LogP contribution is 2.36. The second kappa shape index (κ2) is 4.12. The lowest BCUT2D eigenvalue weighted by Crippen LogP contribution is -2.67. The van der Waals surface area contributed by atoms with Crippen molar-refractivity contribution >= 4 is 11.4 Å². The molecule has 0 radical (unpaired) electrons. The van der Waals surface area contributed by atoms with E-state index in [1.165, 1.54) is 0 Å². The molecule has 1 aromatic rings. The molecule has 102 valence electrons. The van der Waals surface area contributed by atoms with E-state index in [-0.39, 0.29) is 5.69 Å². The number of piperazine rings is 1. The van der Waals surface area contributed by atoms with E-state index < -0.39 is 22.2 Å². The lowest BCUT2D eigenvalue weighted by atomic mass is 9.88. The number of piperidine rings is 1. The van der Waals surface area contributed by atoms with Crippen molar-refractivity contribution < 1.29 is 13.7 Å². The highest BCUT2D eigenvalue weighted by molar-refractivity contribution is 5.55. The van der Waals surface area contributed by atoms with Gasteiger partial charge in [-0.3, -0.25) is 15.0 Å². The molecule has 3 fully saturated rings. The third kappa shape index (κ3) is 1.85. The van der Waals surface area contributed by atoms with E-state index >= 15 is 0 Å². The summed E-state index contributed by atoms with van der Waals surface area (Å²) in [6.45, 7) is 1.11. The Kier molecular flexibility index (Phi) is 2.67. The van der Waals surface area contributed by atoms with Gasteiger partial charge >= 0.3 is 0 Å². The average molecular weight is 269 g/mol. The van der Waals surface area contributed by atoms with Crippen molar-refractivity contribution in [1.29, 1.82) is 0 Å². The van der Waals surface area contributed by atoms with Gasteiger partial charge in [-0.05, 0) is 13.5 Å². The van der Waals surface area contributed by atoms with Crippen molar-refractivity contribution in [1.82, 2.24) is 4.90 Å². The van der Waals surface area contributed by atoms with Crippen LogP contribution in [0.25, 0.3) is 0 Å². The smallest absolute Gasteiger partial charge is 0.275 e. The van der Waals surface area contributed by atoms with Crippen LogP contribution in [-0.4, -0.2) is 42.0 Å². The minimum Gasteiger partial charge on any atom is -0.364 e. The number of likely N-dealkylation sites (N-methyl/N-ethyl adjacent to an activating group) is 1. The maximum Gasteiger partial charge on any atom is 0.275 e. The van der Waals surface area contributed by atoms with E-state index in [0.717, 1.165) is 18.6 Å². The number of rotatable bonds is 2. The largest absolute Gasteiger partial charge is 0.364 e. The average Bonchev–Trinajstić information content (AvgIpc) is 2.37. The molecule has 2 bridgehead atoms. The first kappa shape index (κ1) is 12.3. The van der Waals surface area contributed by atoms with E-state index in [0.29, 0.717) is 25.2 Å². The maximum absolute atomic E-state index is 13.9. The van der Waals surface area contributed by atoms with Crippen molar-refractivity contribution in [3.05, 3.63) is 33.9 Å². The first-order chi connectivity index (χ1) is 8.97. The zero-order valence-corrected chi connectivity index (χ0v) is 10.3. The first-order valence-corrected chi connectivity index (χ1v) is 6.07. The fourth-order valence-corrected chi connectivity index (χ4v) is 2.94. The topological polar surface area (TPSA) is 49.6 Å². The normalized spacial score (nSPS) is 26.2. The van der Waals surface area contributed by atoms with Crippen LogP contribution >= 0.6 is 0 Å². The lowest BCUT2D eigenvalue weighted by Gasteiger charge is -2.55. The second-order valence-corrected chi connectivity index (χ2v) is 5.13. The third-order valence-electron chi connectivity index (χ3n) is 4.09. The third-order valence-corrected chi connectivity index (χ3v) is 4.09. The van der Waals surface area contributed by atoms with Crippen LogP contribution in [-0.2, 0) is 0 Å². The Labute approximate surface area is 108 Å². The molecule has 0 spiro atoms. The number of benzene rings is 1. The van der Waals surface area contributed by atoms with Crippen molar-refractivity contribution in [3.63, 3.8) is 0 Å². The number of nitrogens with zero attached hydrogens (tertiary/aromatic N) is 3. The summed E-state index contributed by atoms with van der Waals surface area (Å²) in [5, 5.41) is 10.5. The zero-order valence-electron chi connectivity index (χ0n) is 10.3. The van der Waals surface area contributed by atoms with Gasteiger partial charge in [0.1, 0.15) is 5.69 Å². The molecule has 2 atom stereocenters. The summed E-state index contributed by atoms with van der Waals surface area (Å²) in [5.74, 6) is -1.73. The molecule has 3 aliphatic heterocycles. The van der Waals surface area contributed by atoms with Crippen LogP contribution in [0.2, 0.25) is 0 Å². The highest BCUT2D eigenvalue weighted by Gasteiger charge is 2.43. The van der Waals surface area contributed by atoms with E-state index in [1.54, 1.807) is 4.90 Å². The molecule has 0 N–H and O–H groups in total. The Morgan fingerprint density at radius 1 is 1.26 bits per heavy atom. The number of fused-ring (bicyclic) bond motifs is 2. The van der Waals surface area contributed by atoms with Crippen molar-refractivity contribution in [2.45, 2.75) is 18.5 Å². The molecule has 7 heteroatoms. The van der Waals surface area contributed by atoms with Crippen LogP contribution in [0.15, 0.2) is 12.1 Å².